The van der Waals surface area contributed by atoms with Crippen LogP contribution in [0, 0.1) is 25.7 Å². The van der Waals surface area contributed by atoms with Crippen LogP contribution in [0.4, 0.5) is 0 Å². The van der Waals surface area contributed by atoms with Gasteiger partial charge in [-0.05, 0) is 56.6 Å². The van der Waals surface area contributed by atoms with Gasteiger partial charge in [0, 0.05) is 44.7 Å². The summed E-state index contributed by atoms with van der Waals surface area (Å²) in [4.78, 5) is 19.2. The summed E-state index contributed by atoms with van der Waals surface area (Å²) in [6.07, 6.45) is 6.86. The molecule has 4 atom stereocenters. The molecule has 30 heavy (non-hydrogen) atoms. The van der Waals surface area contributed by atoms with Gasteiger partial charge in [-0.1, -0.05) is 11.2 Å². The predicted octanol–water partition coefficient (Wildman–Crippen LogP) is 2.31. The van der Waals surface area contributed by atoms with Crippen molar-refractivity contribution in [1.29, 1.82) is 0 Å². The number of aryl methyl sites for hydroxylation is 2. The smallest absolute Gasteiger partial charge is 0.224 e. The number of carbonyl (C=O) groups is 1. The maximum absolute atomic E-state index is 12.6. The highest BCUT2D eigenvalue weighted by molar-refractivity contribution is 5.78. The van der Waals surface area contributed by atoms with Crippen LogP contribution in [0.1, 0.15) is 35.4 Å². The lowest BCUT2D eigenvalue weighted by atomic mass is 9.77. The minimum absolute atomic E-state index is 0.0433. The van der Waals surface area contributed by atoms with Gasteiger partial charge >= 0.3 is 0 Å². The number of hydrogen-bond donors (Lipinski definition) is 1. The lowest BCUT2D eigenvalue weighted by molar-refractivity contribution is -0.123. The number of ether oxygens (including phenoxy) is 1. The van der Waals surface area contributed by atoms with Crippen molar-refractivity contribution >= 4 is 5.91 Å². The second kappa shape index (κ2) is 9.27. The molecule has 2 aliphatic rings. The number of pyridine rings is 1. The van der Waals surface area contributed by atoms with Crippen molar-refractivity contribution in [2.75, 3.05) is 26.7 Å². The highest BCUT2D eigenvalue weighted by Crippen LogP contribution is 2.37. The van der Waals surface area contributed by atoms with Crippen molar-refractivity contribution in [3.05, 3.63) is 47.1 Å². The Hall–Kier alpha value is -2.25. The Kier molecular flexibility index (Phi) is 6.49. The summed E-state index contributed by atoms with van der Waals surface area (Å²) in [5, 5.41) is 7.30. The van der Waals surface area contributed by atoms with Gasteiger partial charge in [0.25, 0.3) is 0 Å². The second-order valence-corrected chi connectivity index (χ2v) is 8.79. The summed E-state index contributed by atoms with van der Waals surface area (Å²) in [5.74, 6) is 2.21. The first-order valence-electron chi connectivity index (χ1n) is 10.9. The van der Waals surface area contributed by atoms with Crippen LogP contribution in [0.5, 0.6) is 0 Å². The zero-order chi connectivity index (χ0) is 21.1. The van der Waals surface area contributed by atoms with Gasteiger partial charge in [0.2, 0.25) is 5.91 Å². The Balaban J connectivity index is 1.32. The predicted molar refractivity (Wildman–Crippen MR) is 113 cm³/mol. The van der Waals surface area contributed by atoms with Crippen molar-refractivity contribution < 1.29 is 14.1 Å². The van der Waals surface area contributed by atoms with E-state index in [1.54, 1.807) is 19.5 Å². The number of methoxy groups -OCH3 is 1. The largest absolute Gasteiger partial charge is 0.379 e. The number of likely N-dealkylation sites (tertiary alicyclic amines) is 1. The Labute approximate surface area is 178 Å². The molecule has 1 aliphatic heterocycles. The number of hydrogen-bond acceptors (Lipinski definition) is 6. The zero-order valence-electron chi connectivity index (χ0n) is 18.1. The first kappa shape index (κ1) is 21.0. The third-order valence-electron chi connectivity index (χ3n) is 6.79. The summed E-state index contributed by atoms with van der Waals surface area (Å²) in [5.41, 5.74) is 3.17. The standard InChI is InChI=1S/C23H32N4O3/c1-15-20(16(2)30-26-15)6-8-27-13-18-10-21(22(29-3)11-19(18)14-27)25-23(28)9-17-5-4-7-24-12-17/h4-5,7,12,18-19,21-22H,6,8-11,13-14H2,1-3H3,(H,25,28)/t18-,19+,21-,22-/m0/s1. The quantitative estimate of drug-likeness (QED) is 0.752. The monoisotopic (exact) mass is 412 g/mol. The Morgan fingerprint density at radius 1 is 1.30 bits per heavy atom. The lowest BCUT2D eigenvalue weighted by Crippen LogP contribution is -2.50. The van der Waals surface area contributed by atoms with E-state index in [-0.39, 0.29) is 18.1 Å². The molecule has 1 saturated heterocycles. The van der Waals surface area contributed by atoms with Gasteiger partial charge in [0.15, 0.2) is 0 Å². The average Bonchev–Trinajstić information content (AvgIpc) is 3.28. The number of nitrogens with one attached hydrogen (secondary N) is 1. The fourth-order valence-electron chi connectivity index (χ4n) is 5.18. The topological polar surface area (TPSA) is 80.5 Å². The summed E-state index contributed by atoms with van der Waals surface area (Å²) in [7, 11) is 1.76. The van der Waals surface area contributed by atoms with Crippen molar-refractivity contribution in [2.24, 2.45) is 11.8 Å². The maximum Gasteiger partial charge on any atom is 0.224 e. The van der Waals surface area contributed by atoms with Crippen LogP contribution in [-0.2, 0) is 22.4 Å². The highest BCUT2D eigenvalue weighted by Gasteiger charge is 2.42. The molecule has 2 aromatic heterocycles. The van der Waals surface area contributed by atoms with Crippen LogP contribution < -0.4 is 5.32 Å². The molecule has 0 aromatic carbocycles. The number of aromatic nitrogens is 2. The summed E-state index contributed by atoms with van der Waals surface area (Å²) in [6.45, 7) is 7.20. The van der Waals surface area contributed by atoms with Crippen molar-refractivity contribution in [3.63, 3.8) is 0 Å². The molecule has 0 bridgehead atoms. The molecule has 1 saturated carbocycles. The molecule has 1 aliphatic carbocycles. The van der Waals surface area contributed by atoms with Gasteiger partial charge in [0.05, 0.1) is 24.3 Å². The van der Waals surface area contributed by atoms with E-state index in [1.807, 2.05) is 26.0 Å². The molecule has 4 rings (SSSR count). The molecular formula is C23H32N4O3. The Bertz CT molecular complexity index is 834. The third-order valence-corrected chi connectivity index (χ3v) is 6.79. The summed E-state index contributed by atoms with van der Waals surface area (Å²) >= 11 is 0. The van der Waals surface area contributed by atoms with E-state index in [0.717, 1.165) is 55.9 Å². The molecule has 2 aromatic rings. The van der Waals surface area contributed by atoms with Gasteiger partial charge < -0.3 is 19.5 Å². The second-order valence-electron chi connectivity index (χ2n) is 8.79. The minimum Gasteiger partial charge on any atom is -0.379 e. The van der Waals surface area contributed by atoms with Gasteiger partial charge in [-0.25, -0.2) is 0 Å². The van der Waals surface area contributed by atoms with E-state index < -0.39 is 0 Å². The molecule has 7 nitrogen and oxygen atoms in total. The Morgan fingerprint density at radius 3 is 2.77 bits per heavy atom. The molecule has 0 spiro atoms. The van der Waals surface area contributed by atoms with Crippen LogP contribution in [0.3, 0.4) is 0 Å². The van der Waals surface area contributed by atoms with E-state index in [4.69, 9.17) is 9.26 Å². The van der Waals surface area contributed by atoms with Crippen LogP contribution in [0.25, 0.3) is 0 Å². The maximum atomic E-state index is 12.6. The number of amides is 1. The van der Waals surface area contributed by atoms with Crippen LogP contribution in [-0.4, -0.2) is 59.8 Å². The van der Waals surface area contributed by atoms with Gasteiger partial charge in [0.1, 0.15) is 5.76 Å². The van der Waals surface area contributed by atoms with Crippen molar-refractivity contribution in [2.45, 2.75) is 51.7 Å². The molecule has 0 radical (unpaired) electrons. The number of fused-ring (bicyclic) bond motifs is 1. The first-order chi connectivity index (χ1) is 14.5. The van der Waals surface area contributed by atoms with Crippen molar-refractivity contribution in [3.8, 4) is 0 Å². The summed E-state index contributed by atoms with van der Waals surface area (Å²) < 4.78 is 11.1. The van der Waals surface area contributed by atoms with Gasteiger partial charge in [-0.3, -0.25) is 9.78 Å². The Morgan fingerprint density at radius 2 is 2.10 bits per heavy atom. The van der Waals surface area contributed by atoms with Crippen molar-refractivity contribution in [1.82, 2.24) is 20.4 Å². The third kappa shape index (κ3) is 4.73. The van der Waals surface area contributed by atoms with E-state index in [1.165, 1.54) is 5.56 Å². The fourth-order valence-corrected chi connectivity index (χ4v) is 5.18. The highest BCUT2D eigenvalue weighted by atomic mass is 16.5. The fraction of sp³-hybridized carbons (Fsp3) is 0.609. The zero-order valence-corrected chi connectivity index (χ0v) is 18.1. The van der Waals surface area contributed by atoms with E-state index in [9.17, 15) is 4.79 Å². The number of carbonyl (C=O) groups excluding carboxylic acids is 1. The molecular weight excluding hydrogens is 380 g/mol. The van der Waals surface area contributed by atoms with Crippen LogP contribution >= 0.6 is 0 Å². The van der Waals surface area contributed by atoms with Gasteiger partial charge in [-0.15, -0.1) is 0 Å². The lowest BCUT2D eigenvalue weighted by Gasteiger charge is -2.37. The SMILES string of the molecule is CO[C@H]1C[C@@H]2CN(CCc3c(C)noc3C)C[C@@H]2C[C@@H]1NC(=O)Cc1cccnc1. The van der Waals surface area contributed by atoms with Crippen LogP contribution in [0.2, 0.25) is 0 Å². The normalized spacial score (nSPS) is 26.5. The molecule has 162 valence electrons. The summed E-state index contributed by atoms with van der Waals surface area (Å²) in [6, 6.07) is 3.87. The van der Waals surface area contributed by atoms with E-state index >= 15 is 0 Å². The minimum atomic E-state index is 0.0433. The van der Waals surface area contributed by atoms with Crippen LogP contribution in [0.15, 0.2) is 29.0 Å². The van der Waals surface area contributed by atoms with E-state index in [0.29, 0.717) is 18.3 Å². The molecule has 0 unspecified atom stereocenters. The van der Waals surface area contributed by atoms with Gasteiger partial charge in [-0.2, -0.15) is 0 Å². The number of rotatable bonds is 7. The molecule has 7 heteroatoms. The molecule has 1 amide bonds. The molecule has 2 fully saturated rings. The first-order valence-corrected chi connectivity index (χ1v) is 10.9. The molecule has 3 heterocycles. The number of nitrogens with zero attached hydrogens (tertiary/aromatic N) is 3. The van der Waals surface area contributed by atoms with E-state index in [2.05, 4.69) is 20.4 Å². The average molecular weight is 413 g/mol. The molecule has 1 N–H and O–H groups in total.